The van der Waals surface area contributed by atoms with Crippen LogP contribution in [0.25, 0.3) is 0 Å². The Bertz CT molecular complexity index is 467. The van der Waals surface area contributed by atoms with E-state index in [1.165, 1.54) is 12.1 Å². The molecule has 5 heteroatoms. The van der Waals surface area contributed by atoms with E-state index in [1.54, 1.807) is 6.07 Å². The molecule has 0 heterocycles. The van der Waals surface area contributed by atoms with Gasteiger partial charge in [0.1, 0.15) is 23.2 Å². The Labute approximate surface area is 112 Å². The van der Waals surface area contributed by atoms with E-state index in [4.69, 9.17) is 11.0 Å². The molecule has 18 heavy (non-hydrogen) atoms. The van der Waals surface area contributed by atoms with Gasteiger partial charge in [-0.25, -0.2) is 4.39 Å². The first-order chi connectivity index (χ1) is 8.15. The third-order valence-corrected chi connectivity index (χ3v) is 3.54. The molecule has 1 aliphatic rings. The van der Waals surface area contributed by atoms with Gasteiger partial charge in [-0.1, -0.05) is 18.9 Å². The largest absolute Gasteiger partial charge is 0.506 e. The number of nitriles is 1. The highest BCUT2D eigenvalue weighted by Crippen LogP contribution is 2.38. The molecule has 1 aromatic carbocycles. The van der Waals surface area contributed by atoms with Crippen molar-refractivity contribution in [3.05, 3.63) is 29.1 Å². The van der Waals surface area contributed by atoms with E-state index in [9.17, 15) is 9.50 Å². The lowest BCUT2D eigenvalue weighted by Crippen LogP contribution is -2.19. The molecule has 0 bridgehead atoms. The van der Waals surface area contributed by atoms with Crippen molar-refractivity contribution in [1.29, 1.82) is 5.26 Å². The van der Waals surface area contributed by atoms with Crippen LogP contribution >= 0.6 is 12.4 Å². The Hall–Kier alpha value is -1.31. The van der Waals surface area contributed by atoms with Crippen LogP contribution in [-0.4, -0.2) is 5.11 Å². The monoisotopic (exact) mass is 270 g/mol. The van der Waals surface area contributed by atoms with Crippen molar-refractivity contribution in [3.63, 3.8) is 0 Å². The number of phenolic OH excluding ortho intramolecular Hbond substituents is 1. The average molecular weight is 271 g/mol. The lowest BCUT2D eigenvalue weighted by atomic mass is 9.91. The molecule has 1 aliphatic carbocycles. The van der Waals surface area contributed by atoms with E-state index in [0.717, 1.165) is 25.7 Å². The standard InChI is InChI=1S/C13H15FN2O.ClH/c14-11-6-5-9(13(17)10(11)7-15)12(16)8-3-1-2-4-8;/h5-6,8,12,17H,1-4,16H2;1H/t12-;/m0./s1. The summed E-state index contributed by atoms with van der Waals surface area (Å²) in [5.74, 6) is -0.683. The molecular formula is C13H16ClFN2O. The lowest BCUT2D eigenvalue weighted by molar-refractivity contribution is 0.408. The first kappa shape index (κ1) is 14.7. The summed E-state index contributed by atoms with van der Waals surface area (Å²) < 4.78 is 13.2. The van der Waals surface area contributed by atoms with Crippen molar-refractivity contribution < 1.29 is 9.50 Å². The Morgan fingerprint density at radius 1 is 1.39 bits per heavy atom. The van der Waals surface area contributed by atoms with Crippen LogP contribution in [0, 0.1) is 23.1 Å². The van der Waals surface area contributed by atoms with Gasteiger partial charge in [0.25, 0.3) is 0 Å². The second-order valence-electron chi connectivity index (χ2n) is 4.54. The zero-order chi connectivity index (χ0) is 12.4. The molecule has 0 aliphatic heterocycles. The molecule has 3 nitrogen and oxygen atoms in total. The topological polar surface area (TPSA) is 70.0 Å². The second-order valence-corrected chi connectivity index (χ2v) is 4.54. The highest BCUT2D eigenvalue weighted by molar-refractivity contribution is 5.85. The van der Waals surface area contributed by atoms with E-state index in [2.05, 4.69) is 0 Å². The summed E-state index contributed by atoms with van der Waals surface area (Å²) >= 11 is 0. The molecule has 0 saturated heterocycles. The first-order valence-corrected chi connectivity index (χ1v) is 5.82. The highest BCUT2D eigenvalue weighted by atomic mass is 35.5. The number of aromatic hydroxyl groups is 1. The fourth-order valence-electron chi connectivity index (χ4n) is 2.53. The van der Waals surface area contributed by atoms with Crippen LogP contribution in [0.4, 0.5) is 4.39 Å². The first-order valence-electron chi connectivity index (χ1n) is 5.82. The second kappa shape index (κ2) is 6.03. The number of rotatable bonds is 2. The van der Waals surface area contributed by atoms with Crippen LogP contribution in [-0.2, 0) is 0 Å². The van der Waals surface area contributed by atoms with E-state index in [1.807, 2.05) is 0 Å². The van der Waals surface area contributed by atoms with E-state index >= 15 is 0 Å². The smallest absolute Gasteiger partial charge is 0.144 e. The quantitative estimate of drug-likeness (QED) is 0.868. The number of nitrogens with two attached hydrogens (primary N) is 1. The van der Waals surface area contributed by atoms with Gasteiger partial charge in [0.2, 0.25) is 0 Å². The van der Waals surface area contributed by atoms with Crippen LogP contribution in [0.1, 0.15) is 42.9 Å². The van der Waals surface area contributed by atoms with E-state index in [-0.39, 0.29) is 29.8 Å². The third-order valence-electron chi connectivity index (χ3n) is 3.54. The molecule has 1 fully saturated rings. The zero-order valence-electron chi connectivity index (χ0n) is 9.90. The maximum Gasteiger partial charge on any atom is 0.144 e. The molecule has 1 aromatic rings. The number of hydrogen-bond donors (Lipinski definition) is 2. The minimum Gasteiger partial charge on any atom is -0.506 e. The molecule has 1 atom stereocenters. The minimum absolute atomic E-state index is 0. The maximum atomic E-state index is 13.2. The van der Waals surface area contributed by atoms with Gasteiger partial charge in [-0.05, 0) is 24.8 Å². The third kappa shape index (κ3) is 2.58. The molecule has 0 radical (unpaired) electrons. The summed E-state index contributed by atoms with van der Waals surface area (Å²) in [6.45, 7) is 0. The van der Waals surface area contributed by atoms with Gasteiger partial charge in [-0.3, -0.25) is 0 Å². The Kier molecular flexibility index (Phi) is 4.94. The van der Waals surface area contributed by atoms with Gasteiger partial charge in [-0.15, -0.1) is 12.4 Å². The Morgan fingerprint density at radius 3 is 2.56 bits per heavy atom. The summed E-state index contributed by atoms with van der Waals surface area (Å²) in [5.41, 5.74) is 6.25. The predicted octanol–water partition coefficient (Wildman–Crippen LogP) is 3.01. The Morgan fingerprint density at radius 2 is 2.00 bits per heavy atom. The predicted molar refractivity (Wildman–Crippen MR) is 68.9 cm³/mol. The molecular weight excluding hydrogens is 255 g/mol. The molecule has 0 aromatic heterocycles. The van der Waals surface area contributed by atoms with E-state index in [0.29, 0.717) is 11.5 Å². The molecule has 0 unspecified atom stereocenters. The van der Waals surface area contributed by atoms with Gasteiger partial charge in [0, 0.05) is 11.6 Å². The SMILES string of the molecule is Cl.N#Cc1c(F)ccc([C@@H](N)C2CCCC2)c1O. The lowest BCUT2D eigenvalue weighted by Gasteiger charge is -2.20. The summed E-state index contributed by atoms with van der Waals surface area (Å²) in [6.07, 6.45) is 4.34. The van der Waals surface area contributed by atoms with Crippen molar-refractivity contribution in [2.45, 2.75) is 31.7 Å². The van der Waals surface area contributed by atoms with Gasteiger partial charge in [0.05, 0.1) is 0 Å². The molecule has 98 valence electrons. The summed E-state index contributed by atoms with van der Waals surface area (Å²) in [6, 6.07) is 4.03. The van der Waals surface area contributed by atoms with Crippen molar-refractivity contribution >= 4 is 12.4 Å². The van der Waals surface area contributed by atoms with Gasteiger partial charge < -0.3 is 10.8 Å². The molecule has 0 amide bonds. The van der Waals surface area contributed by atoms with Gasteiger partial charge in [0.15, 0.2) is 0 Å². The maximum absolute atomic E-state index is 13.2. The van der Waals surface area contributed by atoms with Crippen molar-refractivity contribution in [2.24, 2.45) is 11.7 Å². The Balaban J connectivity index is 0.00000162. The molecule has 2 rings (SSSR count). The minimum atomic E-state index is -0.702. The van der Waals surface area contributed by atoms with Crippen LogP contribution < -0.4 is 5.73 Å². The summed E-state index contributed by atoms with van der Waals surface area (Å²) in [4.78, 5) is 0. The number of hydrogen-bond acceptors (Lipinski definition) is 3. The van der Waals surface area contributed by atoms with Crippen molar-refractivity contribution in [3.8, 4) is 11.8 Å². The van der Waals surface area contributed by atoms with Gasteiger partial charge in [-0.2, -0.15) is 5.26 Å². The average Bonchev–Trinajstić information content (AvgIpc) is 2.82. The fourth-order valence-corrected chi connectivity index (χ4v) is 2.53. The fraction of sp³-hybridized carbons (Fsp3) is 0.462. The molecule has 3 N–H and O–H groups in total. The van der Waals surface area contributed by atoms with Crippen LogP contribution in [0.15, 0.2) is 12.1 Å². The number of phenols is 1. The van der Waals surface area contributed by atoms with Crippen LogP contribution in [0.2, 0.25) is 0 Å². The normalized spacial score (nSPS) is 16.9. The summed E-state index contributed by atoms with van der Waals surface area (Å²) in [7, 11) is 0. The zero-order valence-corrected chi connectivity index (χ0v) is 10.7. The van der Waals surface area contributed by atoms with Gasteiger partial charge >= 0.3 is 0 Å². The number of benzene rings is 1. The highest BCUT2D eigenvalue weighted by Gasteiger charge is 2.26. The molecule has 0 spiro atoms. The van der Waals surface area contributed by atoms with Crippen LogP contribution in [0.3, 0.4) is 0 Å². The number of nitrogens with zero attached hydrogens (tertiary/aromatic N) is 1. The van der Waals surface area contributed by atoms with Crippen molar-refractivity contribution in [2.75, 3.05) is 0 Å². The van der Waals surface area contributed by atoms with Crippen molar-refractivity contribution in [1.82, 2.24) is 0 Å². The van der Waals surface area contributed by atoms with E-state index < -0.39 is 5.82 Å². The molecule has 1 saturated carbocycles. The number of halogens is 2. The van der Waals surface area contributed by atoms with Crippen LogP contribution in [0.5, 0.6) is 5.75 Å². The summed E-state index contributed by atoms with van der Waals surface area (Å²) in [5, 5.41) is 18.6.